The Morgan fingerprint density at radius 1 is 0.357 bits per heavy atom. The molecule has 17 N–H and O–H groups in total. The average Bonchev–Trinajstić information content (AvgIpc) is 3.18. The zero-order chi connectivity index (χ0) is 41.5. The summed E-state index contributed by atoms with van der Waals surface area (Å²) >= 11 is 0. The van der Waals surface area contributed by atoms with Crippen LogP contribution < -0.4 is 0 Å². The van der Waals surface area contributed by atoms with Crippen LogP contribution in [0.3, 0.4) is 0 Å². The normalized spacial score (nSPS) is 54.5. The van der Waals surface area contributed by atoms with Gasteiger partial charge in [-0.25, -0.2) is 0 Å². The van der Waals surface area contributed by atoms with Gasteiger partial charge >= 0.3 is 0 Å². The number of aliphatic hydroxyl groups excluding tert-OH is 17. The molecule has 4 heterocycles. The minimum Gasteiger partial charge on any atom is -0.396 e. The van der Waals surface area contributed by atoms with Gasteiger partial charge in [0.15, 0.2) is 25.2 Å². The third-order valence-corrected chi connectivity index (χ3v) is 11.6. The summed E-state index contributed by atoms with van der Waals surface area (Å²) in [7, 11) is 0. The molecule has 328 valence electrons. The van der Waals surface area contributed by atoms with Crippen LogP contribution >= 0.6 is 0 Å². The molecule has 15 unspecified atom stereocenters. The molecule has 5 fully saturated rings. The highest BCUT2D eigenvalue weighted by Crippen LogP contribution is 2.41. The summed E-state index contributed by atoms with van der Waals surface area (Å²) < 4.78 is 38.5. The van der Waals surface area contributed by atoms with E-state index in [-0.39, 0.29) is 6.42 Å². The Labute approximate surface area is 318 Å². The molecule has 5 rings (SSSR count). The molecule has 4 saturated heterocycles. The van der Waals surface area contributed by atoms with Crippen LogP contribution in [0, 0.1) is 17.8 Å². The second kappa shape index (κ2) is 19.2. The third-order valence-electron chi connectivity index (χ3n) is 11.6. The molecular weight excluding hydrogens is 768 g/mol. The van der Waals surface area contributed by atoms with Gasteiger partial charge in [-0.05, 0) is 13.3 Å². The smallest absolute Gasteiger partial charge is 0.187 e. The fourth-order valence-corrected chi connectivity index (χ4v) is 8.14. The summed E-state index contributed by atoms with van der Waals surface area (Å²) in [6.45, 7) is -1.91. The molecule has 1 saturated carbocycles. The summed E-state index contributed by atoms with van der Waals surface area (Å²) in [4.78, 5) is 0. The lowest BCUT2D eigenvalue weighted by Gasteiger charge is -2.50. The molecule has 0 amide bonds. The lowest BCUT2D eigenvalue weighted by atomic mass is 9.68. The first-order chi connectivity index (χ1) is 26.4. The minimum atomic E-state index is -2.00. The first kappa shape index (κ1) is 46.1. The molecule has 0 aromatic heterocycles. The first-order valence-corrected chi connectivity index (χ1v) is 18.3. The average molecular weight is 825 g/mol. The predicted octanol–water partition coefficient (Wildman–Crippen LogP) is -10.4. The van der Waals surface area contributed by atoms with Crippen molar-refractivity contribution in [1.82, 2.24) is 0 Å². The van der Waals surface area contributed by atoms with E-state index in [2.05, 4.69) is 0 Å². The van der Waals surface area contributed by atoms with Gasteiger partial charge < -0.3 is 120 Å². The maximum Gasteiger partial charge on any atom is 0.187 e. The van der Waals surface area contributed by atoms with Crippen LogP contribution in [-0.4, -0.2) is 254 Å². The second-order valence-electron chi connectivity index (χ2n) is 15.0. The zero-order valence-electron chi connectivity index (χ0n) is 30.0. The Hall–Kier alpha value is -0.960. The minimum absolute atomic E-state index is 0.349. The molecule has 56 heavy (non-hydrogen) atoms. The van der Waals surface area contributed by atoms with Crippen LogP contribution in [0.1, 0.15) is 13.3 Å². The monoisotopic (exact) mass is 824 g/mol. The standard InChI is InChI=1S/C32H56O24/c1-7-8(2-9-14(37)10(3-33)26(19(42)16(9)39)54-31-24(47)18(41)17(40)11(4-34)52-31)15(38)23(46)30(50-7)55-28-13(6-36)53-32(25(48)21(28)44)56-27-12(5-35)51-29(49)22(45)20(27)43/h7-49H,2-6H2,1H3/t7?,8-,9?,10?,11?,12?,13?,14?,15+,16?,17-,18+,19?,20-,21-,22?,23?,24?,25?,26?,27-,28-,29?,30-,31-,32-/m1/s1. The SMILES string of the molecule is CC1O[C@H](O[C@@H]2C(CO)O[C@H](O[C@@H]3C(CO)OC(O)C(O)[C@H]3O)C(O)[C@H]2O)C(O)[C@@H](O)[C@@H]1CC1C(O)C(O)C(O[C@H]2OC(CO)[C@@H](O)[C@H](O)C2O)C(CO)C1O. The van der Waals surface area contributed by atoms with E-state index in [0.717, 1.165) is 0 Å². The molecule has 1 aliphatic carbocycles. The summed E-state index contributed by atoms with van der Waals surface area (Å²) in [6.07, 6.45) is -40.1. The van der Waals surface area contributed by atoms with Crippen molar-refractivity contribution in [3.63, 3.8) is 0 Å². The van der Waals surface area contributed by atoms with Crippen LogP contribution in [0.5, 0.6) is 0 Å². The zero-order valence-corrected chi connectivity index (χ0v) is 30.0. The van der Waals surface area contributed by atoms with Gasteiger partial charge in [0.1, 0.15) is 85.5 Å². The largest absolute Gasteiger partial charge is 0.396 e. The van der Waals surface area contributed by atoms with Gasteiger partial charge in [0.05, 0.1) is 56.9 Å². The number of ether oxygens (including phenoxy) is 7. The van der Waals surface area contributed by atoms with E-state index in [0.29, 0.717) is 0 Å². The van der Waals surface area contributed by atoms with Crippen molar-refractivity contribution in [3.8, 4) is 0 Å². The summed E-state index contributed by atoms with van der Waals surface area (Å²) in [5, 5.41) is 178. The Morgan fingerprint density at radius 2 is 0.786 bits per heavy atom. The fraction of sp³-hybridized carbons (Fsp3) is 1.00. The Bertz CT molecular complexity index is 1220. The Kier molecular flexibility index (Phi) is 15.8. The quantitative estimate of drug-likeness (QED) is 0.0868. The highest BCUT2D eigenvalue weighted by Gasteiger charge is 2.57. The molecule has 4 aliphatic heterocycles. The molecule has 24 heteroatoms. The fourth-order valence-electron chi connectivity index (χ4n) is 8.14. The van der Waals surface area contributed by atoms with E-state index in [9.17, 15) is 86.8 Å². The third kappa shape index (κ3) is 8.90. The van der Waals surface area contributed by atoms with E-state index < -0.39 is 185 Å². The van der Waals surface area contributed by atoms with Gasteiger partial charge in [-0.3, -0.25) is 0 Å². The molecule has 5 aliphatic rings. The van der Waals surface area contributed by atoms with Gasteiger partial charge in [0.2, 0.25) is 0 Å². The van der Waals surface area contributed by atoms with E-state index in [4.69, 9.17) is 33.2 Å². The number of aliphatic hydroxyl groups is 17. The van der Waals surface area contributed by atoms with Gasteiger partial charge in [0, 0.05) is 17.8 Å². The summed E-state index contributed by atoms with van der Waals surface area (Å²) in [5.41, 5.74) is 0. The highest BCUT2D eigenvalue weighted by atomic mass is 16.8. The molecule has 0 radical (unpaired) electrons. The molecule has 0 bridgehead atoms. The molecule has 24 nitrogen and oxygen atoms in total. The van der Waals surface area contributed by atoms with Crippen LogP contribution in [0.4, 0.5) is 0 Å². The molecular formula is C32H56O24. The second-order valence-corrected chi connectivity index (χ2v) is 15.0. The van der Waals surface area contributed by atoms with Crippen molar-refractivity contribution >= 4 is 0 Å². The van der Waals surface area contributed by atoms with Crippen molar-refractivity contribution in [2.75, 3.05) is 26.4 Å². The lowest BCUT2D eigenvalue weighted by Crippen LogP contribution is -2.66. The van der Waals surface area contributed by atoms with Gasteiger partial charge in [0.25, 0.3) is 0 Å². The van der Waals surface area contributed by atoms with Crippen molar-refractivity contribution < 1.29 is 120 Å². The first-order valence-electron chi connectivity index (χ1n) is 18.3. The van der Waals surface area contributed by atoms with Crippen LogP contribution in [0.25, 0.3) is 0 Å². The number of hydrogen-bond acceptors (Lipinski definition) is 24. The van der Waals surface area contributed by atoms with E-state index in [1.807, 2.05) is 0 Å². The van der Waals surface area contributed by atoms with Gasteiger partial charge in [-0.1, -0.05) is 0 Å². The van der Waals surface area contributed by atoms with E-state index in [1.165, 1.54) is 6.92 Å². The van der Waals surface area contributed by atoms with Crippen molar-refractivity contribution in [2.24, 2.45) is 17.8 Å². The van der Waals surface area contributed by atoms with E-state index in [1.54, 1.807) is 0 Å². The Balaban J connectivity index is 1.22. The van der Waals surface area contributed by atoms with Gasteiger partial charge in [-0.15, -0.1) is 0 Å². The molecule has 0 aromatic rings. The van der Waals surface area contributed by atoms with Crippen molar-refractivity contribution in [1.29, 1.82) is 0 Å². The Morgan fingerprint density at radius 3 is 1.34 bits per heavy atom. The van der Waals surface area contributed by atoms with E-state index >= 15 is 0 Å². The highest BCUT2D eigenvalue weighted by molar-refractivity contribution is 5.03. The predicted molar refractivity (Wildman–Crippen MR) is 173 cm³/mol. The molecule has 0 aromatic carbocycles. The maximum absolute atomic E-state index is 11.3. The van der Waals surface area contributed by atoms with Crippen LogP contribution in [0.15, 0.2) is 0 Å². The van der Waals surface area contributed by atoms with Gasteiger partial charge in [-0.2, -0.15) is 0 Å². The lowest BCUT2D eigenvalue weighted by molar-refractivity contribution is -0.375. The summed E-state index contributed by atoms with van der Waals surface area (Å²) in [6, 6.07) is 0. The molecule has 26 atom stereocenters. The topological polar surface area (TPSA) is 409 Å². The summed E-state index contributed by atoms with van der Waals surface area (Å²) in [5.74, 6) is -3.78. The van der Waals surface area contributed by atoms with Crippen molar-refractivity contribution in [3.05, 3.63) is 0 Å². The van der Waals surface area contributed by atoms with Crippen LogP contribution in [-0.2, 0) is 33.2 Å². The van der Waals surface area contributed by atoms with Crippen molar-refractivity contribution in [2.45, 2.75) is 154 Å². The maximum atomic E-state index is 11.3. The van der Waals surface area contributed by atoms with Crippen LogP contribution in [0.2, 0.25) is 0 Å². The number of rotatable bonds is 12. The molecule has 0 spiro atoms. The number of hydrogen-bond donors (Lipinski definition) is 17.